The number of piperidine rings is 1. The molecule has 1 aliphatic rings. The summed E-state index contributed by atoms with van der Waals surface area (Å²) in [5.41, 5.74) is 2.63. The number of hydrogen-bond acceptors (Lipinski definition) is 6. The largest absolute Gasteiger partial charge is 0.573 e. The minimum absolute atomic E-state index is 0.0787. The Morgan fingerprint density at radius 3 is 1.94 bits per heavy atom. The smallest absolute Gasteiger partial charge is 0.496 e. The molecule has 3 aromatic rings. The van der Waals surface area contributed by atoms with E-state index in [9.17, 15) is 35.9 Å². The second-order valence-electron chi connectivity index (χ2n) is 10.8. The third-order valence-corrected chi connectivity index (χ3v) is 7.59. The van der Waals surface area contributed by atoms with E-state index < -0.39 is 24.5 Å². The first kappa shape index (κ1) is 37.7. The summed E-state index contributed by atoms with van der Waals surface area (Å²) in [6.45, 7) is 1.03. The van der Waals surface area contributed by atoms with Crippen LogP contribution in [-0.4, -0.2) is 71.7 Å². The Kier molecular flexibility index (Phi) is 13.2. The Morgan fingerprint density at radius 1 is 0.896 bits per heavy atom. The van der Waals surface area contributed by atoms with E-state index in [0.717, 1.165) is 11.1 Å². The summed E-state index contributed by atoms with van der Waals surface area (Å²) in [6.07, 6.45) is -9.65. The number of carboxylic acid groups (broad SMARTS) is 2. The molecule has 4 rings (SSSR count). The number of carboxylic acids is 2. The lowest BCUT2D eigenvalue weighted by atomic mass is 9.74. The van der Waals surface area contributed by atoms with Gasteiger partial charge in [0.25, 0.3) is 0 Å². The van der Waals surface area contributed by atoms with Gasteiger partial charge in [-0.15, -0.1) is 13.2 Å². The van der Waals surface area contributed by atoms with Crippen molar-refractivity contribution >= 4 is 17.8 Å². The van der Waals surface area contributed by atoms with E-state index in [0.29, 0.717) is 30.8 Å². The number of carbonyl (C=O) groups excluding carboxylic acids is 1. The van der Waals surface area contributed by atoms with Gasteiger partial charge in [-0.25, -0.2) is 4.79 Å². The van der Waals surface area contributed by atoms with E-state index in [1.165, 1.54) is 25.3 Å². The molecule has 15 heteroatoms. The number of methoxy groups -OCH3 is 1. The fraction of sp³-hybridized carbons (Fsp3) is 0.364. The maximum atomic E-state index is 13.0. The van der Waals surface area contributed by atoms with Gasteiger partial charge in [0, 0.05) is 49.5 Å². The van der Waals surface area contributed by atoms with Gasteiger partial charge < -0.3 is 29.9 Å². The lowest BCUT2D eigenvalue weighted by molar-refractivity contribution is -0.274. The molecule has 0 unspecified atom stereocenters. The number of carbonyl (C=O) groups is 3. The summed E-state index contributed by atoms with van der Waals surface area (Å²) in [6, 6.07) is 23.7. The number of likely N-dealkylation sites (tertiary alicyclic amines) is 1. The van der Waals surface area contributed by atoms with Gasteiger partial charge in [-0.3, -0.25) is 9.59 Å². The van der Waals surface area contributed by atoms with Gasteiger partial charge in [0.1, 0.15) is 11.5 Å². The average Bonchev–Trinajstić information content (AvgIpc) is 3.03. The molecule has 3 aromatic carbocycles. The van der Waals surface area contributed by atoms with E-state index in [4.69, 9.17) is 19.7 Å². The molecule has 1 amide bonds. The number of rotatable bonds is 11. The molecule has 0 aliphatic carbocycles. The average molecular weight is 685 g/mol. The third-order valence-electron chi connectivity index (χ3n) is 7.59. The highest BCUT2D eigenvalue weighted by molar-refractivity contribution is 5.80. The number of aliphatic carboxylic acids is 2. The van der Waals surface area contributed by atoms with Crippen molar-refractivity contribution in [3.63, 3.8) is 0 Å². The van der Waals surface area contributed by atoms with Crippen molar-refractivity contribution in [2.75, 3.05) is 20.2 Å². The Labute approximate surface area is 272 Å². The van der Waals surface area contributed by atoms with Crippen molar-refractivity contribution in [1.82, 2.24) is 10.2 Å². The van der Waals surface area contributed by atoms with Crippen molar-refractivity contribution in [2.45, 2.75) is 50.3 Å². The van der Waals surface area contributed by atoms with E-state index >= 15 is 0 Å². The Bertz CT molecular complexity index is 1460. The fourth-order valence-electron chi connectivity index (χ4n) is 5.51. The van der Waals surface area contributed by atoms with Gasteiger partial charge in [0.05, 0.1) is 13.5 Å². The molecule has 9 nitrogen and oxygen atoms in total. The molecule has 0 bridgehead atoms. The van der Waals surface area contributed by atoms with Gasteiger partial charge in [0.2, 0.25) is 5.91 Å². The first-order valence-corrected chi connectivity index (χ1v) is 14.6. The second kappa shape index (κ2) is 16.9. The van der Waals surface area contributed by atoms with Gasteiger partial charge in [-0.2, -0.15) is 13.2 Å². The molecule has 0 saturated carbocycles. The van der Waals surface area contributed by atoms with Crippen LogP contribution < -0.4 is 14.8 Å². The second-order valence-corrected chi connectivity index (χ2v) is 10.8. The van der Waals surface area contributed by atoms with Crippen molar-refractivity contribution in [2.24, 2.45) is 5.92 Å². The monoisotopic (exact) mass is 684 g/mol. The molecule has 1 heterocycles. The Hall–Kier alpha value is -4.79. The predicted octanol–water partition coefficient (Wildman–Crippen LogP) is 6.23. The molecule has 1 fully saturated rings. The number of ether oxygens (including phenoxy) is 2. The van der Waals surface area contributed by atoms with Gasteiger partial charge in [-0.1, -0.05) is 60.7 Å². The summed E-state index contributed by atoms with van der Waals surface area (Å²) in [4.78, 5) is 34.7. The number of hydrogen-bond donors (Lipinski definition) is 3. The lowest BCUT2D eigenvalue weighted by Crippen LogP contribution is -2.53. The maximum absolute atomic E-state index is 13.0. The van der Waals surface area contributed by atoms with E-state index in [-0.39, 0.29) is 48.9 Å². The van der Waals surface area contributed by atoms with Crippen LogP contribution in [0.15, 0.2) is 78.9 Å². The van der Waals surface area contributed by atoms with Crippen LogP contribution in [0.5, 0.6) is 11.5 Å². The molecular weight excluding hydrogens is 650 g/mol. The highest BCUT2D eigenvalue weighted by Crippen LogP contribution is 2.38. The van der Waals surface area contributed by atoms with Crippen molar-refractivity contribution in [3.8, 4) is 11.5 Å². The number of amides is 1. The normalized spacial score (nSPS) is 16.5. The SMILES string of the molecule is COc1ccc(OC(F)(F)F)cc1CN[C@H]1CCN(C(=O)CCC(=O)O)C[C@H]1C(c1ccccc1)c1ccccc1.O=C(O)C(F)(F)F. The zero-order valence-electron chi connectivity index (χ0n) is 25.6. The number of alkyl halides is 6. The summed E-state index contributed by atoms with van der Waals surface area (Å²) >= 11 is 0. The summed E-state index contributed by atoms with van der Waals surface area (Å²) in [5.74, 6) is -4.13. The predicted molar refractivity (Wildman–Crippen MR) is 160 cm³/mol. The first-order valence-electron chi connectivity index (χ1n) is 14.6. The van der Waals surface area contributed by atoms with Crippen LogP contribution in [0.2, 0.25) is 0 Å². The molecule has 48 heavy (non-hydrogen) atoms. The molecule has 0 radical (unpaired) electrons. The standard InChI is InChI=1S/C31H33F3N2O5.C2HF3O2/c1-40-27-13-12-24(41-31(32,33)34)18-23(27)19-35-26-16-17-36(28(37)14-15-29(38)39)20-25(26)30(21-8-4-2-5-9-21)22-10-6-3-7-11-22;3-2(4,5)1(6)7/h2-13,18,25-26,30,35H,14-17,19-20H2,1H3,(H,38,39);(H,6,7)/t25-,26+;/m1./s1. The molecular formula is C33H34F6N2O7. The van der Waals surface area contributed by atoms with Crippen LogP contribution in [0.4, 0.5) is 26.3 Å². The minimum atomic E-state index is -5.08. The molecule has 1 aliphatic heterocycles. The summed E-state index contributed by atoms with van der Waals surface area (Å²) in [5, 5.41) is 19.7. The first-order chi connectivity index (χ1) is 22.6. The van der Waals surface area contributed by atoms with E-state index in [2.05, 4.69) is 10.1 Å². The van der Waals surface area contributed by atoms with Crippen molar-refractivity contribution in [1.29, 1.82) is 0 Å². The van der Waals surface area contributed by atoms with Crippen molar-refractivity contribution in [3.05, 3.63) is 95.6 Å². The number of benzene rings is 3. The van der Waals surface area contributed by atoms with Crippen molar-refractivity contribution < 1.29 is 60.4 Å². The molecule has 0 aromatic heterocycles. The Morgan fingerprint density at radius 2 is 1.46 bits per heavy atom. The summed E-state index contributed by atoms with van der Waals surface area (Å²) in [7, 11) is 1.45. The van der Waals surface area contributed by atoms with Gasteiger partial charge in [-0.05, 0) is 35.7 Å². The molecule has 1 saturated heterocycles. The fourth-order valence-corrected chi connectivity index (χ4v) is 5.51. The number of nitrogens with zero attached hydrogens (tertiary/aromatic N) is 1. The zero-order chi connectivity index (χ0) is 35.5. The van der Waals surface area contributed by atoms with Crippen LogP contribution in [-0.2, 0) is 20.9 Å². The van der Waals surface area contributed by atoms with Crippen LogP contribution in [0.1, 0.15) is 41.9 Å². The molecule has 0 spiro atoms. The van der Waals surface area contributed by atoms with Crippen LogP contribution >= 0.6 is 0 Å². The van der Waals surface area contributed by atoms with E-state index in [1.54, 1.807) is 4.90 Å². The maximum Gasteiger partial charge on any atom is 0.573 e. The highest BCUT2D eigenvalue weighted by atomic mass is 19.4. The quantitative estimate of drug-likeness (QED) is 0.203. The lowest BCUT2D eigenvalue weighted by Gasteiger charge is -2.43. The van der Waals surface area contributed by atoms with E-state index in [1.807, 2.05) is 60.7 Å². The highest BCUT2D eigenvalue weighted by Gasteiger charge is 2.39. The number of nitrogens with one attached hydrogen (secondary N) is 1. The number of halogens is 6. The van der Waals surface area contributed by atoms with Crippen LogP contribution in [0.3, 0.4) is 0 Å². The van der Waals surface area contributed by atoms with Crippen LogP contribution in [0, 0.1) is 5.92 Å². The van der Waals surface area contributed by atoms with Crippen LogP contribution in [0.25, 0.3) is 0 Å². The van der Waals surface area contributed by atoms with Gasteiger partial charge >= 0.3 is 24.5 Å². The Balaban J connectivity index is 0.000000804. The third kappa shape index (κ3) is 11.5. The minimum Gasteiger partial charge on any atom is -0.496 e. The van der Waals surface area contributed by atoms with Gasteiger partial charge in [0.15, 0.2) is 0 Å². The molecule has 3 N–H and O–H groups in total. The molecule has 260 valence electrons. The summed E-state index contributed by atoms with van der Waals surface area (Å²) < 4.78 is 79.8. The topological polar surface area (TPSA) is 125 Å². The zero-order valence-corrected chi connectivity index (χ0v) is 25.6. The molecule has 2 atom stereocenters.